The maximum atomic E-state index is 12.2. The van der Waals surface area contributed by atoms with E-state index >= 15 is 0 Å². The van der Waals surface area contributed by atoms with Gasteiger partial charge in [0.1, 0.15) is 0 Å². The van der Waals surface area contributed by atoms with E-state index in [1.165, 1.54) is 0 Å². The molecule has 20 heavy (non-hydrogen) atoms. The number of carbonyl (C=O) groups excluding carboxylic acids is 1. The lowest BCUT2D eigenvalue weighted by Crippen LogP contribution is -2.42. The Hall–Kier alpha value is -1.30. The quantitative estimate of drug-likeness (QED) is 0.786. The van der Waals surface area contributed by atoms with Crippen LogP contribution in [0.1, 0.15) is 6.92 Å². The summed E-state index contributed by atoms with van der Waals surface area (Å²) >= 11 is 6.05. The maximum Gasteiger partial charge on any atom is 0.241 e. The Labute approximate surface area is 125 Å². The molecule has 1 rings (SSSR count). The van der Waals surface area contributed by atoms with Gasteiger partial charge in [0.2, 0.25) is 5.91 Å². The molecule has 0 bridgehead atoms. The van der Waals surface area contributed by atoms with Gasteiger partial charge in [0.05, 0.1) is 16.8 Å². The fraction of sp³-hybridized carbons (Fsp3) is 0.500. The van der Waals surface area contributed by atoms with Crippen molar-refractivity contribution in [3.05, 3.63) is 23.2 Å². The van der Waals surface area contributed by atoms with Crippen molar-refractivity contribution in [2.75, 3.05) is 45.3 Å². The molecule has 1 aromatic carbocycles. The van der Waals surface area contributed by atoms with Gasteiger partial charge in [-0.25, -0.2) is 0 Å². The van der Waals surface area contributed by atoms with Crippen molar-refractivity contribution in [2.45, 2.75) is 13.0 Å². The number of carbonyl (C=O) groups is 1. The molecule has 0 saturated carbocycles. The van der Waals surface area contributed by atoms with Gasteiger partial charge in [-0.2, -0.15) is 0 Å². The second-order valence-electron chi connectivity index (χ2n) is 5.19. The summed E-state index contributed by atoms with van der Waals surface area (Å²) in [5.41, 5.74) is 6.78. The van der Waals surface area contributed by atoms with Gasteiger partial charge < -0.3 is 16.0 Å². The molecule has 6 heteroatoms. The summed E-state index contributed by atoms with van der Waals surface area (Å²) in [5, 5.41) is 3.27. The van der Waals surface area contributed by atoms with Crippen molar-refractivity contribution in [3.63, 3.8) is 0 Å². The molecule has 0 aliphatic heterocycles. The third kappa shape index (κ3) is 5.00. The second kappa shape index (κ2) is 7.47. The zero-order chi connectivity index (χ0) is 15.3. The summed E-state index contributed by atoms with van der Waals surface area (Å²) in [6, 6.07) is 4.81. The summed E-state index contributed by atoms with van der Waals surface area (Å²) in [6.45, 7) is 3.59. The number of hydrogen-bond acceptors (Lipinski definition) is 4. The van der Waals surface area contributed by atoms with E-state index in [0.29, 0.717) is 16.4 Å². The summed E-state index contributed by atoms with van der Waals surface area (Å²) < 4.78 is 0. The van der Waals surface area contributed by atoms with Crippen molar-refractivity contribution in [1.29, 1.82) is 0 Å². The number of nitrogens with zero attached hydrogens (tertiary/aromatic N) is 2. The summed E-state index contributed by atoms with van der Waals surface area (Å²) in [7, 11) is 5.94. The lowest BCUT2D eigenvalue weighted by atomic mass is 10.2. The first kappa shape index (κ1) is 16.8. The van der Waals surface area contributed by atoms with E-state index < -0.39 is 0 Å². The smallest absolute Gasteiger partial charge is 0.241 e. The number of rotatable bonds is 6. The number of nitrogen functional groups attached to an aromatic ring is 1. The molecular formula is C14H23ClN4O. The molecule has 0 aromatic heterocycles. The molecule has 1 amide bonds. The Morgan fingerprint density at radius 2 is 2.00 bits per heavy atom. The predicted molar refractivity (Wildman–Crippen MR) is 85.1 cm³/mol. The Kier molecular flexibility index (Phi) is 6.26. The van der Waals surface area contributed by atoms with Crippen molar-refractivity contribution in [1.82, 2.24) is 9.80 Å². The number of likely N-dealkylation sites (N-methyl/N-ethyl adjacent to an activating group) is 2. The van der Waals surface area contributed by atoms with Crippen LogP contribution in [0.3, 0.4) is 0 Å². The van der Waals surface area contributed by atoms with Crippen molar-refractivity contribution < 1.29 is 4.79 Å². The Morgan fingerprint density at radius 1 is 1.35 bits per heavy atom. The SMILES string of the molecule is CC(C(=O)Nc1ccc(N)cc1Cl)N(C)CCN(C)C. The minimum atomic E-state index is -0.233. The van der Waals surface area contributed by atoms with Crippen LogP contribution in [-0.2, 0) is 4.79 Å². The minimum absolute atomic E-state index is 0.0853. The first-order valence-corrected chi connectivity index (χ1v) is 6.90. The predicted octanol–water partition coefficient (Wildman–Crippen LogP) is 1.74. The highest BCUT2D eigenvalue weighted by molar-refractivity contribution is 6.34. The molecule has 0 spiro atoms. The van der Waals surface area contributed by atoms with E-state index in [0.717, 1.165) is 13.1 Å². The molecule has 0 radical (unpaired) electrons. The monoisotopic (exact) mass is 298 g/mol. The molecular weight excluding hydrogens is 276 g/mol. The lowest BCUT2D eigenvalue weighted by molar-refractivity contribution is -0.120. The van der Waals surface area contributed by atoms with Gasteiger partial charge in [0, 0.05) is 18.8 Å². The second-order valence-corrected chi connectivity index (χ2v) is 5.60. The molecule has 1 unspecified atom stereocenters. The Bertz CT molecular complexity index is 464. The average Bonchev–Trinajstić information content (AvgIpc) is 2.38. The van der Waals surface area contributed by atoms with Gasteiger partial charge in [-0.15, -0.1) is 0 Å². The van der Waals surface area contributed by atoms with Gasteiger partial charge in [-0.3, -0.25) is 9.69 Å². The van der Waals surface area contributed by atoms with Gasteiger partial charge >= 0.3 is 0 Å². The molecule has 0 aliphatic carbocycles. The number of benzene rings is 1. The summed E-state index contributed by atoms with van der Waals surface area (Å²) in [6.07, 6.45) is 0. The van der Waals surface area contributed by atoms with Crippen LogP contribution in [0.5, 0.6) is 0 Å². The topological polar surface area (TPSA) is 61.6 Å². The molecule has 112 valence electrons. The fourth-order valence-corrected chi connectivity index (χ4v) is 1.86. The van der Waals surface area contributed by atoms with Gasteiger partial charge in [-0.1, -0.05) is 11.6 Å². The minimum Gasteiger partial charge on any atom is -0.399 e. The fourth-order valence-electron chi connectivity index (χ4n) is 1.62. The first-order valence-electron chi connectivity index (χ1n) is 6.52. The molecule has 0 aliphatic rings. The average molecular weight is 299 g/mol. The van der Waals surface area contributed by atoms with Crippen LogP contribution in [0.2, 0.25) is 5.02 Å². The van der Waals surface area contributed by atoms with Crippen LogP contribution in [0, 0.1) is 0 Å². The van der Waals surface area contributed by atoms with Crippen molar-refractivity contribution >= 4 is 28.9 Å². The highest BCUT2D eigenvalue weighted by Crippen LogP contribution is 2.24. The van der Waals surface area contributed by atoms with Crippen LogP contribution >= 0.6 is 11.6 Å². The van der Waals surface area contributed by atoms with Crippen LogP contribution in [0.15, 0.2) is 18.2 Å². The number of anilines is 2. The van der Waals surface area contributed by atoms with Crippen LogP contribution < -0.4 is 11.1 Å². The Balaban J connectivity index is 2.61. The van der Waals surface area contributed by atoms with Gasteiger partial charge in [0.25, 0.3) is 0 Å². The van der Waals surface area contributed by atoms with Crippen LogP contribution in [0.25, 0.3) is 0 Å². The molecule has 1 atom stereocenters. The van der Waals surface area contributed by atoms with Gasteiger partial charge in [0.15, 0.2) is 0 Å². The standard InChI is InChI=1S/C14H23ClN4O/c1-10(19(4)8-7-18(2)3)14(20)17-13-6-5-11(16)9-12(13)15/h5-6,9-10H,7-8,16H2,1-4H3,(H,17,20). The lowest BCUT2D eigenvalue weighted by Gasteiger charge is -2.25. The molecule has 0 saturated heterocycles. The summed E-state index contributed by atoms with van der Waals surface area (Å²) in [5.74, 6) is -0.0853. The number of halogens is 1. The largest absolute Gasteiger partial charge is 0.399 e. The zero-order valence-electron chi connectivity index (χ0n) is 12.5. The van der Waals surface area contributed by atoms with E-state index in [-0.39, 0.29) is 11.9 Å². The number of nitrogens with two attached hydrogens (primary N) is 1. The molecule has 5 nitrogen and oxygen atoms in total. The Morgan fingerprint density at radius 3 is 2.55 bits per heavy atom. The van der Waals surface area contributed by atoms with E-state index in [2.05, 4.69) is 10.2 Å². The van der Waals surface area contributed by atoms with Gasteiger partial charge in [-0.05, 0) is 46.3 Å². The molecule has 0 heterocycles. The third-order valence-electron chi connectivity index (χ3n) is 3.19. The van der Waals surface area contributed by atoms with E-state index in [9.17, 15) is 4.79 Å². The van der Waals surface area contributed by atoms with Crippen molar-refractivity contribution in [3.8, 4) is 0 Å². The van der Waals surface area contributed by atoms with Crippen molar-refractivity contribution in [2.24, 2.45) is 0 Å². The number of nitrogens with one attached hydrogen (secondary N) is 1. The normalized spacial score (nSPS) is 12.8. The maximum absolute atomic E-state index is 12.2. The highest BCUT2D eigenvalue weighted by Gasteiger charge is 2.18. The molecule has 0 fully saturated rings. The first-order chi connectivity index (χ1) is 9.31. The van der Waals surface area contributed by atoms with E-state index in [1.807, 2.05) is 33.0 Å². The number of hydrogen-bond donors (Lipinski definition) is 2. The highest BCUT2D eigenvalue weighted by atomic mass is 35.5. The van der Waals surface area contributed by atoms with Crippen LogP contribution in [-0.4, -0.2) is 56.0 Å². The molecule has 3 N–H and O–H groups in total. The summed E-state index contributed by atoms with van der Waals surface area (Å²) in [4.78, 5) is 16.3. The van der Waals surface area contributed by atoms with Crippen LogP contribution in [0.4, 0.5) is 11.4 Å². The third-order valence-corrected chi connectivity index (χ3v) is 3.50. The zero-order valence-corrected chi connectivity index (χ0v) is 13.2. The number of amides is 1. The van der Waals surface area contributed by atoms with E-state index in [1.54, 1.807) is 18.2 Å². The molecule has 1 aromatic rings. The van der Waals surface area contributed by atoms with E-state index in [4.69, 9.17) is 17.3 Å².